The molecule has 122 valence electrons. The van der Waals surface area contributed by atoms with E-state index in [1.165, 1.54) is 18.2 Å². The molecule has 0 atom stereocenters. The summed E-state index contributed by atoms with van der Waals surface area (Å²) in [5, 5.41) is 13.4. The molecule has 0 saturated carbocycles. The van der Waals surface area contributed by atoms with Crippen molar-refractivity contribution in [1.82, 2.24) is 9.19 Å². The molecular formula is C17H14N2O4S. The Kier molecular flexibility index (Phi) is 3.94. The summed E-state index contributed by atoms with van der Waals surface area (Å²) in [5.74, 6) is -1.13. The first kappa shape index (κ1) is 15.9. The Balaban J connectivity index is 2.22. The van der Waals surface area contributed by atoms with Gasteiger partial charge in [-0.3, -0.25) is 0 Å². The summed E-state index contributed by atoms with van der Waals surface area (Å²) in [7, 11) is -3.88. The molecule has 0 spiro atoms. The minimum absolute atomic E-state index is 0.120. The van der Waals surface area contributed by atoms with E-state index in [2.05, 4.69) is 5.10 Å². The van der Waals surface area contributed by atoms with Crippen molar-refractivity contribution in [3.8, 4) is 0 Å². The summed E-state index contributed by atoms with van der Waals surface area (Å²) in [6.07, 6.45) is 2.21. The van der Waals surface area contributed by atoms with Gasteiger partial charge >= 0.3 is 5.97 Å². The number of hydrogen-bond donors (Lipinski definition) is 1. The number of fused-ring (bicyclic) bond motifs is 1. The average molecular weight is 342 g/mol. The number of carboxylic acid groups (broad SMARTS) is 1. The number of carboxylic acids is 1. The van der Waals surface area contributed by atoms with E-state index in [0.29, 0.717) is 10.9 Å². The second kappa shape index (κ2) is 5.93. The largest absolute Gasteiger partial charge is 0.478 e. The molecule has 3 rings (SSSR count). The fourth-order valence-electron chi connectivity index (χ4n) is 2.33. The Labute approximate surface area is 138 Å². The SMILES string of the molecule is Cc1ccc(S(=O)(=O)n2nc(/C=C/C(=O)O)c3ccccc32)cc1. The van der Waals surface area contributed by atoms with Gasteiger partial charge in [0.2, 0.25) is 0 Å². The first-order valence-corrected chi connectivity index (χ1v) is 8.54. The highest BCUT2D eigenvalue weighted by Crippen LogP contribution is 2.24. The van der Waals surface area contributed by atoms with Gasteiger partial charge in [0, 0.05) is 11.5 Å². The first-order valence-electron chi connectivity index (χ1n) is 7.10. The van der Waals surface area contributed by atoms with Crippen LogP contribution in [0.2, 0.25) is 0 Å². The molecule has 1 heterocycles. The molecule has 0 bridgehead atoms. The van der Waals surface area contributed by atoms with E-state index >= 15 is 0 Å². The quantitative estimate of drug-likeness (QED) is 0.736. The molecule has 1 N–H and O–H groups in total. The Bertz CT molecular complexity index is 1050. The number of hydrogen-bond acceptors (Lipinski definition) is 4. The molecule has 0 aliphatic rings. The third kappa shape index (κ3) is 2.81. The maximum atomic E-state index is 12.9. The van der Waals surface area contributed by atoms with Crippen LogP contribution in [0.3, 0.4) is 0 Å². The van der Waals surface area contributed by atoms with Crippen LogP contribution < -0.4 is 0 Å². The van der Waals surface area contributed by atoms with Crippen LogP contribution in [-0.4, -0.2) is 28.7 Å². The molecule has 0 aliphatic carbocycles. The summed E-state index contributed by atoms with van der Waals surface area (Å²) in [4.78, 5) is 10.8. The Morgan fingerprint density at radius 3 is 2.46 bits per heavy atom. The van der Waals surface area contributed by atoms with E-state index < -0.39 is 16.0 Å². The van der Waals surface area contributed by atoms with Gasteiger partial charge in [0.05, 0.1) is 16.1 Å². The lowest BCUT2D eigenvalue weighted by atomic mass is 10.2. The van der Waals surface area contributed by atoms with Crippen LogP contribution >= 0.6 is 0 Å². The lowest BCUT2D eigenvalue weighted by Crippen LogP contribution is -2.14. The zero-order valence-corrected chi connectivity index (χ0v) is 13.6. The third-order valence-electron chi connectivity index (χ3n) is 3.51. The van der Waals surface area contributed by atoms with Crippen molar-refractivity contribution in [1.29, 1.82) is 0 Å². The average Bonchev–Trinajstić information content (AvgIpc) is 2.93. The van der Waals surface area contributed by atoms with Crippen LogP contribution in [0.15, 0.2) is 59.5 Å². The van der Waals surface area contributed by atoms with E-state index in [4.69, 9.17) is 5.11 Å². The molecule has 3 aromatic rings. The second-order valence-corrected chi connectivity index (χ2v) is 7.00. The molecule has 6 nitrogen and oxygen atoms in total. The highest BCUT2D eigenvalue weighted by molar-refractivity contribution is 7.90. The van der Waals surface area contributed by atoms with Crippen LogP contribution in [-0.2, 0) is 14.8 Å². The highest BCUT2D eigenvalue weighted by atomic mass is 32.2. The highest BCUT2D eigenvalue weighted by Gasteiger charge is 2.22. The monoisotopic (exact) mass is 342 g/mol. The van der Waals surface area contributed by atoms with Gasteiger partial charge in [-0.05, 0) is 31.2 Å². The molecule has 24 heavy (non-hydrogen) atoms. The van der Waals surface area contributed by atoms with Gasteiger partial charge in [0.1, 0.15) is 0 Å². The molecular weight excluding hydrogens is 328 g/mol. The van der Waals surface area contributed by atoms with Crippen LogP contribution in [0, 0.1) is 6.92 Å². The molecule has 0 radical (unpaired) electrons. The van der Waals surface area contributed by atoms with Crippen molar-refractivity contribution in [2.75, 3.05) is 0 Å². The van der Waals surface area contributed by atoms with Crippen molar-refractivity contribution in [3.63, 3.8) is 0 Å². The number of benzene rings is 2. The van der Waals surface area contributed by atoms with Crippen molar-refractivity contribution in [3.05, 3.63) is 65.9 Å². The predicted molar refractivity (Wildman–Crippen MR) is 90.2 cm³/mol. The maximum absolute atomic E-state index is 12.9. The van der Waals surface area contributed by atoms with Gasteiger partial charge in [0.15, 0.2) is 0 Å². The lowest BCUT2D eigenvalue weighted by Gasteiger charge is -2.06. The maximum Gasteiger partial charge on any atom is 0.328 e. The van der Waals surface area contributed by atoms with Gasteiger partial charge in [-0.2, -0.15) is 17.6 Å². The number of aliphatic carboxylic acids is 1. The molecule has 0 fully saturated rings. The summed E-state index contributed by atoms with van der Waals surface area (Å²) >= 11 is 0. The van der Waals surface area contributed by atoms with E-state index in [0.717, 1.165) is 15.7 Å². The number of aryl methyl sites for hydroxylation is 1. The molecule has 0 amide bonds. The van der Waals surface area contributed by atoms with Crippen molar-refractivity contribution in [2.45, 2.75) is 11.8 Å². The van der Waals surface area contributed by atoms with Gasteiger partial charge < -0.3 is 5.11 Å². The predicted octanol–water partition coefficient (Wildman–Crippen LogP) is 2.68. The lowest BCUT2D eigenvalue weighted by molar-refractivity contribution is -0.131. The number of nitrogens with zero attached hydrogens (tertiary/aromatic N) is 2. The Hall–Kier alpha value is -2.93. The molecule has 0 unspecified atom stereocenters. The van der Waals surface area contributed by atoms with Gasteiger partial charge in [0.25, 0.3) is 10.0 Å². The summed E-state index contributed by atoms with van der Waals surface area (Å²) in [5.41, 5.74) is 1.62. The second-order valence-electron chi connectivity index (χ2n) is 5.24. The zero-order chi connectivity index (χ0) is 17.3. The summed E-state index contributed by atoms with van der Waals surface area (Å²) in [6, 6.07) is 13.2. The standard InChI is InChI=1S/C17H14N2O4S/c1-12-6-8-13(9-7-12)24(22,23)19-16-5-3-2-4-14(16)15(18-19)10-11-17(20)21/h2-11H,1H3,(H,20,21)/b11-10+. The fourth-order valence-corrected chi connectivity index (χ4v) is 3.62. The Morgan fingerprint density at radius 2 is 1.79 bits per heavy atom. The summed E-state index contributed by atoms with van der Waals surface area (Å²) < 4.78 is 26.7. The smallest absolute Gasteiger partial charge is 0.328 e. The minimum atomic E-state index is -3.88. The van der Waals surface area contributed by atoms with E-state index in [1.807, 2.05) is 6.92 Å². The first-order chi connectivity index (χ1) is 11.4. The number of carbonyl (C=O) groups is 1. The normalized spacial score (nSPS) is 12.0. The van der Waals surface area contributed by atoms with Crippen LogP contribution in [0.4, 0.5) is 0 Å². The van der Waals surface area contributed by atoms with Gasteiger partial charge in [-0.1, -0.05) is 35.9 Å². The van der Waals surface area contributed by atoms with Crippen LogP contribution in [0.1, 0.15) is 11.3 Å². The van der Waals surface area contributed by atoms with Crippen molar-refractivity contribution >= 4 is 33.0 Å². The summed E-state index contributed by atoms with van der Waals surface area (Å²) in [6.45, 7) is 1.87. The van der Waals surface area contributed by atoms with Gasteiger partial charge in [-0.15, -0.1) is 0 Å². The van der Waals surface area contributed by atoms with Crippen LogP contribution in [0.5, 0.6) is 0 Å². The molecule has 0 saturated heterocycles. The van der Waals surface area contributed by atoms with E-state index in [1.54, 1.807) is 36.4 Å². The molecule has 0 aliphatic heterocycles. The third-order valence-corrected chi connectivity index (χ3v) is 5.12. The number of rotatable bonds is 4. The number of aromatic nitrogens is 2. The zero-order valence-electron chi connectivity index (χ0n) is 12.7. The van der Waals surface area contributed by atoms with E-state index in [-0.39, 0.29) is 10.6 Å². The molecule has 2 aromatic carbocycles. The van der Waals surface area contributed by atoms with Crippen molar-refractivity contribution < 1.29 is 18.3 Å². The molecule has 1 aromatic heterocycles. The minimum Gasteiger partial charge on any atom is -0.478 e. The number of para-hydroxylation sites is 1. The Morgan fingerprint density at radius 1 is 1.12 bits per heavy atom. The van der Waals surface area contributed by atoms with Crippen molar-refractivity contribution in [2.24, 2.45) is 0 Å². The fraction of sp³-hybridized carbons (Fsp3) is 0.0588. The topological polar surface area (TPSA) is 89.3 Å². The van der Waals surface area contributed by atoms with Gasteiger partial charge in [-0.25, -0.2) is 4.79 Å². The van der Waals surface area contributed by atoms with E-state index in [9.17, 15) is 13.2 Å². The van der Waals surface area contributed by atoms with Crippen LogP contribution in [0.25, 0.3) is 17.0 Å². The molecule has 7 heteroatoms.